The molecule has 2 saturated heterocycles. The Labute approximate surface area is 130 Å². The fourth-order valence-corrected chi connectivity index (χ4v) is 3.02. The summed E-state index contributed by atoms with van der Waals surface area (Å²) >= 11 is 0. The summed E-state index contributed by atoms with van der Waals surface area (Å²) in [6, 6.07) is 8.83. The van der Waals surface area contributed by atoms with Crippen LogP contribution in [0.5, 0.6) is 0 Å². The fourth-order valence-electron chi connectivity index (χ4n) is 3.02. The van der Waals surface area contributed by atoms with Crippen molar-refractivity contribution in [2.24, 2.45) is 5.41 Å². The van der Waals surface area contributed by atoms with Gasteiger partial charge in [-0.25, -0.2) is 4.79 Å². The Morgan fingerprint density at radius 3 is 2.59 bits per heavy atom. The quantitative estimate of drug-likeness (QED) is 0.844. The van der Waals surface area contributed by atoms with Crippen LogP contribution < -0.4 is 0 Å². The smallest absolute Gasteiger partial charge is 0.338 e. The van der Waals surface area contributed by atoms with Crippen molar-refractivity contribution >= 4 is 5.97 Å². The Hall–Kier alpha value is -1.43. The molecule has 0 saturated carbocycles. The highest BCUT2D eigenvalue weighted by molar-refractivity contribution is 5.89. The number of esters is 1. The first-order valence-corrected chi connectivity index (χ1v) is 7.54. The third-order valence-corrected chi connectivity index (χ3v) is 4.64. The number of carbonyl (C=O) groups excluding carboxylic acids is 1. The van der Waals surface area contributed by atoms with E-state index >= 15 is 0 Å². The second-order valence-electron chi connectivity index (χ2n) is 7.01. The average molecular weight is 306 g/mol. The minimum atomic E-state index is -1.08. The fraction of sp³-hybridized carbons (Fsp3) is 0.588. The van der Waals surface area contributed by atoms with Crippen molar-refractivity contribution in [1.29, 1.82) is 0 Å². The van der Waals surface area contributed by atoms with Crippen LogP contribution in [0.2, 0.25) is 0 Å². The van der Waals surface area contributed by atoms with Gasteiger partial charge in [0.2, 0.25) is 0 Å². The zero-order chi connectivity index (χ0) is 16.0. The van der Waals surface area contributed by atoms with Crippen LogP contribution in [0.15, 0.2) is 30.3 Å². The molecule has 0 aliphatic carbocycles. The molecule has 3 rings (SSSR count). The number of hydrogen-bond acceptors (Lipinski definition) is 5. The van der Waals surface area contributed by atoms with E-state index in [1.807, 2.05) is 26.8 Å². The lowest BCUT2D eigenvalue weighted by atomic mass is 9.73. The molecule has 0 unspecified atom stereocenters. The Bertz CT molecular complexity index is 550. The maximum Gasteiger partial charge on any atom is 0.338 e. The Kier molecular flexibility index (Phi) is 3.75. The lowest BCUT2D eigenvalue weighted by Gasteiger charge is -2.39. The number of rotatable bonds is 2. The number of hydrogen-bond donors (Lipinski definition) is 1. The monoisotopic (exact) mass is 306 g/mol. The molecule has 4 atom stereocenters. The van der Waals surface area contributed by atoms with Gasteiger partial charge in [0, 0.05) is 0 Å². The molecule has 22 heavy (non-hydrogen) atoms. The van der Waals surface area contributed by atoms with Crippen molar-refractivity contribution in [3.05, 3.63) is 35.9 Å². The van der Waals surface area contributed by atoms with E-state index in [0.717, 1.165) is 0 Å². The summed E-state index contributed by atoms with van der Waals surface area (Å²) in [4.78, 5) is 12.2. The van der Waals surface area contributed by atoms with Gasteiger partial charge in [-0.05, 0) is 17.5 Å². The lowest BCUT2D eigenvalue weighted by molar-refractivity contribution is -0.131. The summed E-state index contributed by atoms with van der Waals surface area (Å²) in [5.41, 5.74) is -0.967. The van der Waals surface area contributed by atoms with Crippen molar-refractivity contribution in [3.63, 3.8) is 0 Å². The molecule has 1 aromatic carbocycles. The first-order valence-electron chi connectivity index (χ1n) is 7.54. The summed E-state index contributed by atoms with van der Waals surface area (Å²) in [5, 5.41) is 10.9. The van der Waals surface area contributed by atoms with Gasteiger partial charge in [-0.2, -0.15) is 0 Å². The molecule has 5 nitrogen and oxygen atoms in total. The average Bonchev–Trinajstić information content (AvgIpc) is 3.02. The number of fused-ring (bicyclic) bond motifs is 1. The minimum Gasteiger partial charge on any atom is -0.453 e. The normalized spacial score (nSPS) is 34.5. The first-order chi connectivity index (χ1) is 10.3. The molecule has 0 radical (unpaired) electrons. The van der Waals surface area contributed by atoms with E-state index in [1.165, 1.54) is 0 Å². The maximum atomic E-state index is 12.2. The molecule has 0 aromatic heterocycles. The number of carbonyl (C=O) groups is 1. The van der Waals surface area contributed by atoms with E-state index in [-0.39, 0.29) is 18.6 Å². The summed E-state index contributed by atoms with van der Waals surface area (Å²) < 4.78 is 16.9. The van der Waals surface area contributed by atoms with Gasteiger partial charge < -0.3 is 19.3 Å². The van der Waals surface area contributed by atoms with E-state index in [1.54, 1.807) is 24.3 Å². The van der Waals surface area contributed by atoms with Gasteiger partial charge in [0.15, 0.2) is 6.10 Å². The summed E-state index contributed by atoms with van der Waals surface area (Å²) in [5.74, 6) is -0.398. The predicted octanol–water partition coefficient (Wildman–Crippen LogP) is 1.79. The third-order valence-electron chi connectivity index (χ3n) is 4.64. The number of benzene rings is 1. The van der Waals surface area contributed by atoms with Gasteiger partial charge in [-0.1, -0.05) is 39.0 Å². The van der Waals surface area contributed by atoms with E-state index in [0.29, 0.717) is 5.56 Å². The van der Waals surface area contributed by atoms with Gasteiger partial charge in [-0.3, -0.25) is 0 Å². The van der Waals surface area contributed by atoms with Crippen LogP contribution in [-0.4, -0.2) is 48.2 Å². The lowest BCUT2D eigenvalue weighted by Crippen LogP contribution is -2.53. The number of ether oxygens (including phenoxy) is 3. The molecular weight excluding hydrogens is 284 g/mol. The highest BCUT2D eigenvalue weighted by Crippen LogP contribution is 2.45. The van der Waals surface area contributed by atoms with Crippen LogP contribution >= 0.6 is 0 Å². The molecule has 1 N–H and O–H groups in total. The standard InChI is InChI=1S/C17H22O5/c1-16(2,3)17(19)10-21-13-12(9-20-14(13)17)22-15(18)11-7-5-4-6-8-11/h4-8,12-14,19H,9-10H2,1-3H3/t12-,13+,14-,17+/m0/s1. The van der Waals surface area contributed by atoms with Crippen LogP contribution in [0.25, 0.3) is 0 Å². The van der Waals surface area contributed by atoms with Crippen molar-refractivity contribution in [1.82, 2.24) is 0 Å². The van der Waals surface area contributed by atoms with Gasteiger partial charge in [0.1, 0.15) is 17.8 Å². The molecule has 0 bridgehead atoms. The Balaban J connectivity index is 1.71. The zero-order valence-corrected chi connectivity index (χ0v) is 13.1. The van der Waals surface area contributed by atoms with Crippen LogP contribution in [-0.2, 0) is 14.2 Å². The van der Waals surface area contributed by atoms with E-state index in [4.69, 9.17) is 14.2 Å². The van der Waals surface area contributed by atoms with Gasteiger partial charge >= 0.3 is 5.97 Å². The topological polar surface area (TPSA) is 65.0 Å². The molecule has 1 aromatic rings. The van der Waals surface area contributed by atoms with E-state index in [9.17, 15) is 9.90 Å². The Morgan fingerprint density at radius 2 is 1.95 bits per heavy atom. The maximum absolute atomic E-state index is 12.2. The minimum absolute atomic E-state index is 0.186. The van der Waals surface area contributed by atoms with Gasteiger partial charge in [-0.15, -0.1) is 0 Å². The summed E-state index contributed by atoms with van der Waals surface area (Å²) in [6.45, 7) is 6.28. The SMILES string of the molecule is CC(C)(C)[C@@]1(O)CO[C@@H]2[C@@H](OC(=O)c3ccccc3)CO[C@@H]21. The second-order valence-corrected chi connectivity index (χ2v) is 7.01. The van der Waals surface area contributed by atoms with E-state index in [2.05, 4.69) is 0 Å². The summed E-state index contributed by atoms with van der Waals surface area (Å²) in [6.07, 6.45) is -1.38. The third kappa shape index (κ3) is 2.43. The zero-order valence-electron chi connectivity index (χ0n) is 13.1. The molecule has 2 aliphatic heterocycles. The molecule has 0 spiro atoms. The van der Waals surface area contributed by atoms with Gasteiger partial charge in [0.25, 0.3) is 0 Å². The predicted molar refractivity (Wildman–Crippen MR) is 79.5 cm³/mol. The molecule has 5 heteroatoms. The van der Waals surface area contributed by atoms with Crippen LogP contribution in [0.3, 0.4) is 0 Å². The molecular formula is C17H22O5. The first kappa shape index (κ1) is 15.5. The number of aliphatic hydroxyl groups is 1. The van der Waals surface area contributed by atoms with Crippen LogP contribution in [0.4, 0.5) is 0 Å². The van der Waals surface area contributed by atoms with Crippen molar-refractivity contribution in [3.8, 4) is 0 Å². The van der Waals surface area contributed by atoms with E-state index < -0.39 is 29.9 Å². The highest BCUT2D eigenvalue weighted by atomic mass is 16.6. The van der Waals surface area contributed by atoms with Crippen molar-refractivity contribution in [2.45, 2.75) is 44.7 Å². The van der Waals surface area contributed by atoms with Crippen molar-refractivity contribution < 1.29 is 24.1 Å². The molecule has 2 aliphatic rings. The largest absolute Gasteiger partial charge is 0.453 e. The van der Waals surface area contributed by atoms with Gasteiger partial charge in [0.05, 0.1) is 18.8 Å². The highest BCUT2D eigenvalue weighted by Gasteiger charge is 2.61. The molecule has 2 fully saturated rings. The molecule has 0 amide bonds. The molecule has 120 valence electrons. The van der Waals surface area contributed by atoms with Crippen LogP contribution in [0.1, 0.15) is 31.1 Å². The van der Waals surface area contributed by atoms with Crippen LogP contribution in [0, 0.1) is 5.41 Å². The Morgan fingerprint density at radius 1 is 1.27 bits per heavy atom. The molecule has 2 heterocycles. The van der Waals surface area contributed by atoms with Crippen molar-refractivity contribution in [2.75, 3.05) is 13.2 Å². The second kappa shape index (κ2) is 5.33. The summed E-state index contributed by atoms with van der Waals surface area (Å²) in [7, 11) is 0.